The smallest absolute Gasteiger partial charge is 0.348 e. The van der Waals surface area contributed by atoms with E-state index in [2.05, 4.69) is 26.0 Å². The lowest BCUT2D eigenvalue weighted by molar-refractivity contribution is -0.119. The summed E-state index contributed by atoms with van der Waals surface area (Å²) in [6.07, 6.45) is 0. The topological polar surface area (TPSA) is 81.7 Å². The minimum atomic E-state index is -0.570. The normalized spacial score (nSPS) is 10.0. The molecule has 0 saturated heterocycles. The summed E-state index contributed by atoms with van der Waals surface area (Å²) in [5.74, 6) is -1.58. The highest BCUT2D eigenvalue weighted by atomic mass is 79.9. The maximum absolute atomic E-state index is 11.8. The van der Waals surface area contributed by atoms with Crippen molar-refractivity contribution in [3.8, 4) is 0 Å². The highest BCUT2D eigenvalue weighted by Crippen LogP contribution is 2.22. The molecule has 0 aliphatic heterocycles. The molecule has 1 aromatic heterocycles. The molecule has 0 radical (unpaired) electrons. The van der Waals surface area contributed by atoms with Gasteiger partial charge in [-0.15, -0.1) is 11.3 Å². The van der Waals surface area contributed by atoms with Crippen molar-refractivity contribution in [3.63, 3.8) is 0 Å². The number of thiophene rings is 1. The van der Waals surface area contributed by atoms with Crippen molar-refractivity contribution in [1.29, 1.82) is 0 Å². The second kappa shape index (κ2) is 7.89. The Morgan fingerprint density at radius 3 is 2.61 bits per heavy atom. The third kappa shape index (κ3) is 4.90. The van der Waals surface area contributed by atoms with E-state index in [0.717, 1.165) is 3.79 Å². The molecule has 0 unspecified atom stereocenters. The van der Waals surface area contributed by atoms with E-state index in [4.69, 9.17) is 4.74 Å². The van der Waals surface area contributed by atoms with Crippen LogP contribution in [0.15, 0.2) is 40.2 Å². The maximum Gasteiger partial charge on any atom is 0.348 e. The standard InChI is InChI=1S/C15H12BrNO5S/c1-21-14(19)9-3-2-4-10(7-9)17-13(18)8-22-15(20)11-5-6-12(16)23-11/h2-7H,8H2,1H3,(H,17,18). The van der Waals surface area contributed by atoms with Crippen LogP contribution < -0.4 is 5.32 Å². The van der Waals surface area contributed by atoms with Crippen LogP contribution in [0.1, 0.15) is 20.0 Å². The van der Waals surface area contributed by atoms with Crippen LogP contribution in [0, 0.1) is 0 Å². The molecule has 8 heteroatoms. The number of methoxy groups -OCH3 is 1. The van der Waals surface area contributed by atoms with E-state index in [1.54, 1.807) is 30.3 Å². The summed E-state index contributed by atoms with van der Waals surface area (Å²) in [5, 5.41) is 2.54. The third-order valence-electron chi connectivity index (χ3n) is 2.68. The highest BCUT2D eigenvalue weighted by molar-refractivity contribution is 9.11. The zero-order valence-corrected chi connectivity index (χ0v) is 14.4. The number of esters is 2. The number of carbonyl (C=O) groups is 3. The Bertz CT molecular complexity index is 743. The van der Waals surface area contributed by atoms with Gasteiger partial charge in [0.15, 0.2) is 6.61 Å². The van der Waals surface area contributed by atoms with Crippen LogP contribution in [-0.4, -0.2) is 31.6 Å². The minimum Gasteiger partial charge on any atom is -0.465 e. The van der Waals surface area contributed by atoms with Gasteiger partial charge in [0.2, 0.25) is 0 Å². The quantitative estimate of drug-likeness (QED) is 0.783. The van der Waals surface area contributed by atoms with Crippen LogP contribution >= 0.6 is 27.3 Å². The predicted molar refractivity (Wildman–Crippen MR) is 88.7 cm³/mol. The van der Waals surface area contributed by atoms with Crippen LogP contribution in [-0.2, 0) is 14.3 Å². The van der Waals surface area contributed by atoms with Crippen LogP contribution in [0.25, 0.3) is 0 Å². The molecule has 2 rings (SSSR count). The van der Waals surface area contributed by atoms with Gasteiger partial charge in [0.05, 0.1) is 16.5 Å². The van der Waals surface area contributed by atoms with Gasteiger partial charge >= 0.3 is 11.9 Å². The van der Waals surface area contributed by atoms with E-state index in [1.165, 1.54) is 24.5 Å². The number of anilines is 1. The molecule has 1 heterocycles. The number of ether oxygens (including phenoxy) is 2. The molecule has 0 fully saturated rings. The molecule has 0 aliphatic rings. The predicted octanol–water partition coefficient (Wildman–Crippen LogP) is 3.09. The van der Waals surface area contributed by atoms with Crippen LogP contribution in [0.4, 0.5) is 5.69 Å². The summed E-state index contributed by atoms with van der Waals surface area (Å²) in [4.78, 5) is 35.3. The van der Waals surface area contributed by atoms with Gasteiger partial charge < -0.3 is 14.8 Å². The van der Waals surface area contributed by atoms with Gasteiger partial charge in [-0.05, 0) is 46.3 Å². The molecule has 1 aromatic carbocycles. The van der Waals surface area contributed by atoms with Gasteiger partial charge in [-0.2, -0.15) is 0 Å². The Labute approximate surface area is 144 Å². The van der Waals surface area contributed by atoms with Gasteiger partial charge in [0.25, 0.3) is 5.91 Å². The van der Waals surface area contributed by atoms with Gasteiger partial charge in [0, 0.05) is 5.69 Å². The monoisotopic (exact) mass is 397 g/mol. The van der Waals surface area contributed by atoms with Crippen LogP contribution in [0.2, 0.25) is 0 Å². The fourth-order valence-electron chi connectivity index (χ4n) is 1.67. The molecule has 2 aromatic rings. The van der Waals surface area contributed by atoms with Crippen molar-refractivity contribution in [3.05, 3.63) is 50.6 Å². The molecule has 23 heavy (non-hydrogen) atoms. The average molecular weight is 398 g/mol. The number of benzene rings is 1. The third-order valence-corrected chi connectivity index (χ3v) is 4.28. The Balaban J connectivity index is 1.90. The highest BCUT2D eigenvalue weighted by Gasteiger charge is 2.13. The second-order valence-corrected chi connectivity index (χ2v) is 6.76. The van der Waals surface area contributed by atoms with E-state index >= 15 is 0 Å². The molecule has 6 nitrogen and oxygen atoms in total. The van der Waals surface area contributed by atoms with Crippen molar-refractivity contribution >= 4 is 50.8 Å². The van der Waals surface area contributed by atoms with Gasteiger partial charge in [-0.1, -0.05) is 6.07 Å². The summed E-state index contributed by atoms with van der Waals surface area (Å²) >= 11 is 4.46. The number of carbonyl (C=O) groups excluding carboxylic acids is 3. The first kappa shape index (κ1) is 17.2. The Morgan fingerprint density at radius 1 is 1.17 bits per heavy atom. The molecular weight excluding hydrogens is 386 g/mol. The first-order valence-electron chi connectivity index (χ1n) is 6.40. The van der Waals surface area contributed by atoms with Gasteiger partial charge in [0.1, 0.15) is 4.88 Å². The largest absolute Gasteiger partial charge is 0.465 e. The average Bonchev–Trinajstić information content (AvgIpc) is 2.98. The summed E-state index contributed by atoms with van der Waals surface area (Å²) in [6, 6.07) is 9.59. The first-order valence-corrected chi connectivity index (χ1v) is 8.01. The lowest BCUT2D eigenvalue weighted by Crippen LogP contribution is -2.20. The van der Waals surface area contributed by atoms with E-state index in [-0.39, 0.29) is 0 Å². The van der Waals surface area contributed by atoms with E-state index in [9.17, 15) is 14.4 Å². The number of hydrogen-bond acceptors (Lipinski definition) is 6. The Kier molecular flexibility index (Phi) is 5.89. The van der Waals surface area contributed by atoms with Crippen molar-refractivity contribution in [2.45, 2.75) is 0 Å². The Morgan fingerprint density at radius 2 is 1.96 bits per heavy atom. The molecule has 1 amide bonds. The molecule has 0 aliphatic carbocycles. The number of amides is 1. The molecule has 0 bridgehead atoms. The summed E-state index contributed by atoms with van der Waals surface area (Å²) in [5.41, 5.74) is 0.721. The number of hydrogen-bond donors (Lipinski definition) is 1. The lowest BCUT2D eigenvalue weighted by Gasteiger charge is -2.07. The molecular formula is C15H12BrNO5S. The van der Waals surface area contributed by atoms with Crippen molar-refractivity contribution in [2.24, 2.45) is 0 Å². The van der Waals surface area contributed by atoms with Crippen molar-refractivity contribution < 1.29 is 23.9 Å². The summed E-state index contributed by atoms with van der Waals surface area (Å²) in [7, 11) is 1.27. The van der Waals surface area contributed by atoms with E-state index in [0.29, 0.717) is 16.1 Å². The fraction of sp³-hybridized carbons (Fsp3) is 0.133. The zero-order chi connectivity index (χ0) is 16.8. The molecule has 1 N–H and O–H groups in total. The second-order valence-electron chi connectivity index (χ2n) is 4.30. The Hall–Kier alpha value is -2.19. The number of rotatable bonds is 5. The van der Waals surface area contributed by atoms with E-state index in [1.807, 2.05) is 0 Å². The minimum absolute atomic E-state index is 0.311. The number of halogens is 1. The SMILES string of the molecule is COC(=O)c1cccc(NC(=O)COC(=O)c2ccc(Br)s2)c1. The molecule has 0 saturated carbocycles. The maximum atomic E-state index is 11.8. The van der Waals surface area contributed by atoms with Crippen LogP contribution in [0.5, 0.6) is 0 Å². The number of nitrogens with one attached hydrogen (secondary N) is 1. The fourth-order valence-corrected chi connectivity index (χ4v) is 2.94. The molecule has 120 valence electrons. The summed E-state index contributed by atoms with van der Waals surface area (Å²) in [6.45, 7) is -0.420. The molecule has 0 spiro atoms. The van der Waals surface area contributed by atoms with Crippen LogP contribution in [0.3, 0.4) is 0 Å². The lowest BCUT2D eigenvalue weighted by atomic mass is 10.2. The van der Waals surface area contributed by atoms with E-state index < -0.39 is 24.5 Å². The van der Waals surface area contributed by atoms with Gasteiger partial charge in [-0.25, -0.2) is 9.59 Å². The first-order chi connectivity index (χ1) is 11.0. The molecule has 0 atom stereocenters. The summed E-state index contributed by atoms with van der Waals surface area (Å²) < 4.78 is 10.3. The van der Waals surface area contributed by atoms with Crippen molar-refractivity contribution in [2.75, 3.05) is 19.0 Å². The van der Waals surface area contributed by atoms with Gasteiger partial charge in [-0.3, -0.25) is 4.79 Å². The zero-order valence-electron chi connectivity index (χ0n) is 12.0. The van der Waals surface area contributed by atoms with Crippen molar-refractivity contribution in [1.82, 2.24) is 0 Å².